The maximum absolute atomic E-state index is 5.28. The normalized spacial score (nSPS) is 14.6. The Hall–Kier alpha value is -6.71. The molecule has 0 atom stereocenters. The van der Waals surface area contributed by atoms with Crippen LogP contribution in [0.15, 0.2) is 176 Å². The Labute approximate surface area is 322 Å². The number of fused-ring (bicyclic) bond motifs is 8. The summed E-state index contributed by atoms with van der Waals surface area (Å²) in [6, 6.07) is 57.3. The minimum atomic E-state index is -0.521. The Bertz CT molecular complexity index is 2830. The lowest BCUT2D eigenvalue weighted by Gasteiger charge is -2.34. The summed E-state index contributed by atoms with van der Waals surface area (Å²) in [5.74, 6) is 1.92. The van der Waals surface area contributed by atoms with E-state index in [4.69, 9.17) is 15.0 Å². The zero-order valence-corrected chi connectivity index (χ0v) is 31.2. The zero-order chi connectivity index (χ0) is 37.3. The molecular formula is C52H39N3. The Balaban J connectivity index is 1.18. The zero-order valence-electron chi connectivity index (χ0n) is 31.2. The van der Waals surface area contributed by atoms with Crippen molar-refractivity contribution in [3.05, 3.63) is 216 Å². The molecular weight excluding hydrogens is 667 g/mol. The van der Waals surface area contributed by atoms with Crippen LogP contribution in [0.2, 0.25) is 0 Å². The van der Waals surface area contributed by atoms with Crippen LogP contribution in [-0.2, 0) is 10.8 Å². The van der Waals surface area contributed by atoms with Crippen molar-refractivity contribution in [2.24, 2.45) is 0 Å². The molecule has 0 amide bonds. The van der Waals surface area contributed by atoms with Gasteiger partial charge in [-0.1, -0.05) is 178 Å². The topological polar surface area (TPSA) is 38.7 Å². The first-order chi connectivity index (χ1) is 26.9. The lowest BCUT2D eigenvalue weighted by atomic mass is 9.67. The van der Waals surface area contributed by atoms with Crippen molar-refractivity contribution >= 4 is 16.3 Å². The first-order valence-electron chi connectivity index (χ1n) is 19.0. The fraction of sp³-hybridized carbons (Fsp3) is 0.0962. The molecule has 1 aromatic heterocycles. The van der Waals surface area contributed by atoms with Crippen molar-refractivity contribution in [3.63, 3.8) is 0 Å². The van der Waals surface area contributed by atoms with Gasteiger partial charge < -0.3 is 0 Å². The van der Waals surface area contributed by atoms with E-state index in [2.05, 4.69) is 178 Å². The van der Waals surface area contributed by atoms with Gasteiger partial charge in [0, 0.05) is 16.5 Å². The van der Waals surface area contributed by atoms with E-state index in [0.717, 1.165) is 16.7 Å². The predicted molar refractivity (Wildman–Crippen MR) is 227 cm³/mol. The average molecular weight is 706 g/mol. The summed E-state index contributed by atoms with van der Waals surface area (Å²) in [5, 5.41) is 2.54. The van der Waals surface area contributed by atoms with E-state index in [1.54, 1.807) is 6.08 Å². The van der Waals surface area contributed by atoms with Crippen LogP contribution in [0.5, 0.6) is 0 Å². The summed E-state index contributed by atoms with van der Waals surface area (Å²) in [7, 11) is 0. The summed E-state index contributed by atoms with van der Waals surface area (Å²) in [6.45, 7) is 10.7. The second kappa shape index (κ2) is 12.4. The molecule has 0 aliphatic heterocycles. The summed E-state index contributed by atoms with van der Waals surface area (Å²) in [5.41, 5.74) is 14.8. The predicted octanol–water partition coefficient (Wildman–Crippen LogP) is 12.6. The Morgan fingerprint density at radius 1 is 0.527 bits per heavy atom. The van der Waals surface area contributed by atoms with Gasteiger partial charge in [-0.05, 0) is 91.0 Å². The molecule has 3 heteroatoms. The number of hydrogen-bond acceptors (Lipinski definition) is 3. The summed E-state index contributed by atoms with van der Waals surface area (Å²) < 4.78 is 0. The fourth-order valence-electron chi connectivity index (χ4n) is 9.29. The molecule has 2 aliphatic carbocycles. The van der Waals surface area contributed by atoms with Gasteiger partial charge in [0.1, 0.15) is 0 Å². The molecule has 2 aliphatic rings. The van der Waals surface area contributed by atoms with Gasteiger partial charge in [0.25, 0.3) is 0 Å². The van der Waals surface area contributed by atoms with Crippen LogP contribution in [-0.4, -0.2) is 15.0 Å². The van der Waals surface area contributed by atoms with Crippen LogP contribution in [0.4, 0.5) is 0 Å². The van der Waals surface area contributed by atoms with Gasteiger partial charge >= 0.3 is 0 Å². The molecule has 0 radical (unpaired) electrons. The Morgan fingerprint density at radius 2 is 1.11 bits per heavy atom. The van der Waals surface area contributed by atoms with Gasteiger partial charge in [-0.2, -0.15) is 0 Å². The highest BCUT2D eigenvalue weighted by atomic mass is 15.0. The highest BCUT2D eigenvalue weighted by molar-refractivity contribution is 6.02. The molecule has 1 heterocycles. The van der Waals surface area contributed by atoms with Crippen molar-refractivity contribution < 1.29 is 0 Å². The smallest absolute Gasteiger partial charge is 0.164 e. The van der Waals surface area contributed by atoms with Crippen LogP contribution >= 0.6 is 0 Å². The molecule has 0 fully saturated rings. The van der Waals surface area contributed by atoms with E-state index < -0.39 is 5.41 Å². The highest BCUT2D eigenvalue weighted by Crippen LogP contribution is 2.57. The van der Waals surface area contributed by atoms with Gasteiger partial charge in [-0.3, -0.25) is 0 Å². The van der Waals surface area contributed by atoms with Gasteiger partial charge in [0.15, 0.2) is 17.5 Å². The molecule has 10 rings (SSSR count). The molecule has 55 heavy (non-hydrogen) atoms. The number of nitrogens with zero attached hydrogens (tertiary/aromatic N) is 3. The maximum atomic E-state index is 5.28. The quantitative estimate of drug-likeness (QED) is 0.162. The average Bonchev–Trinajstić information content (AvgIpc) is 3.66. The van der Waals surface area contributed by atoms with Crippen LogP contribution in [0.25, 0.3) is 61.4 Å². The molecule has 3 nitrogen and oxygen atoms in total. The molecule has 0 spiro atoms. The molecule has 7 aromatic carbocycles. The van der Waals surface area contributed by atoms with Crippen LogP contribution in [0, 0.1) is 0 Å². The number of benzene rings is 7. The summed E-state index contributed by atoms with van der Waals surface area (Å²) in [4.78, 5) is 15.5. The monoisotopic (exact) mass is 705 g/mol. The first-order valence-corrected chi connectivity index (χ1v) is 19.0. The Kier molecular flexibility index (Phi) is 7.44. The van der Waals surface area contributed by atoms with Crippen LogP contribution in [0.1, 0.15) is 60.0 Å². The second-order valence-electron chi connectivity index (χ2n) is 15.3. The van der Waals surface area contributed by atoms with Crippen molar-refractivity contribution in [2.45, 2.75) is 31.6 Å². The van der Waals surface area contributed by atoms with E-state index in [9.17, 15) is 0 Å². The first kappa shape index (κ1) is 32.9. The molecule has 0 N–H and O–H groups in total. The van der Waals surface area contributed by atoms with E-state index >= 15 is 0 Å². The van der Waals surface area contributed by atoms with Crippen LogP contribution in [0.3, 0.4) is 0 Å². The second-order valence-corrected chi connectivity index (χ2v) is 15.3. The Morgan fingerprint density at radius 3 is 1.80 bits per heavy atom. The van der Waals surface area contributed by atoms with E-state index in [1.165, 1.54) is 66.4 Å². The molecule has 262 valence electrons. The van der Waals surface area contributed by atoms with Gasteiger partial charge in [0.2, 0.25) is 0 Å². The van der Waals surface area contributed by atoms with Crippen molar-refractivity contribution in [2.75, 3.05) is 0 Å². The number of hydrogen-bond donors (Lipinski definition) is 0. The van der Waals surface area contributed by atoms with Gasteiger partial charge in [0.05, 0.1) is 5.41 Å². The number of aromatic nitrogens is 3. The highest BCUT2D eigenvalue weighted by Gasteiger charge is 2.46. The SMILES string of the molecule is C=C/C=C(/C)c1nc(-c2ccc3c(c2)C(C)(C)c2ccc4ccccc4c2-3)nc(-c2ccc3c(c2)C(c2ccccc2)(c2ccccc2)c2ccccc2-3)n1. The third-order valence-corrected chi connectivity index (χ3v) is 11.9. The van der Waals surface area contributed by atoms with Crippen molar-refractivity contribution in [3.8, 4) is 45.0 Å². The molecule has 0 saturated heterocycles. The van der Waals surface area contributed by atoms with Gasteiger partial charge in [-0.15, -0.1) is 0 Å². The third kappa shape index (κ3) is 4.86. The number of rotatable bonds is 6. The maximum Gasteiger partial charge on any atom is 0.164 e. The summed E-state index contributed by atoms with van der Waals surface area (Å²) >= 11 is 0. The fourth-order valence-corrected chi connectivity index (χ4v) is 9.29. The largest absolute Gasteiger partial charge is 0.209 e. The van der Waals surface area contributed by atoms with E-state index in [1.807, 2.05) is 13.0 Å². The van der Waals surface area contributed by atoms with Crippen molar-refractivity contribution in [1.29, 1.82) is 0 Å². The molecule has 8 aromatic rings. The van der Waals surface area contributed by atoms with E-state index in [0.29, 0.717) is 17.5 Å². The number of allylic oxidation sites excluding steroid dienone is 3. The minimum absolute atomic E-state index is 0.185. The minimum Gasteiger partial charge on any atom is -0.209 e. The van der Waals surface area contributed by atoms with E-state index in [-0.39, 0.29) is 5.41 Å². The molecule has 0 unspecified atom stereocenters. The third-order valence-electron chi connectivity index (χ3n) is 11.9. The van der Waals surface area contributed by atoms with Gasteiger partial charge in [-0.25, -0.2) is 15.0 Å². The summed E-state index contributed by atoms with van der Waals surface area (Å²) in [6.07, 6.45) is 3.75. The molecule has 0 saturated carbocycles. The molecule has 0 bridgehead atoms. The van der Waals surface area contributed by atoms with Crippen LogP contribution < -0.4 is 0 Å². The standard InChI is InChI=1S/C52H39N3/c1-5-16-33(2)48-53-49(35-26-29-42-45(31-35)51(3,4)44-30-27-34-17-12-13-22-39(34)47(42)44)55-50(54-48)36-25-28-41-40-23-14-15-24-43(40)52(46(41)32-36,37-18-8-6-9-19-37)38-20-10-7-11-21-38/h5-32H,1H2,2-4H3/b33-16-. The lowest BCUT2D eigenvalue weighted by Crippen LogP contribution is -2.28. The van der Waals surface area contributed by atoms with Crippen molar-refractivity contribution in [1.82, 2.24) is 15.0 Å². The lowest BCUT2D eigenvalue weighted by molar-refractivity contribution is 0.661.